The van der Waals surface area contributed by atoms with Crippen LogP contribution in [-0.2, 0) is 0 Å². The van der Waals surface area contributed by atoms with Crippen molar-refractivity contribution in [2.24, 2.45) is 5.92 Å². The summed E-state index contributed by atoms with van der Waals surface area (Å²) in [5, 5.41) is 0. The molecule has 0 aromatic heterocycles. The van der Waals surface area contributed by atoms with Gasteiger partial charge in [-0.05, 0) is 43.4 Å². The van der Waals surface area contributed by atoms with E-state index >= 15 is 0 Å². The third-order valence-electron chi connectivity index (χ3n) is 3.55. The maximum atomic E-state index is 13.2. The first kappa shape index (κ1) is 13.3. The van der Waals surface area contributed by atoms with E-state index in [0.717, 1.165) is 18.4 Å². The second-order valence-electron chi connectivity index (χ2n) is 4.85. The molecule has 1 saturated heterocycles. The quantitative estimate of drug-likeness (QED) is 0.755. The van der Waals surface area contributed by atoms with Gasteiger partial charge in [-0.15, -0.1) is 11.6 Å². The van der Waals surface area contributed by atoms with Gasteiger partial charge in [0, 0.05) is 24.5 Å². The average Bonchev–Trinajstić information content (AvgIpc) is 2.41. The average molecular weight is 270 g/mol. The molecule has 0 atom stereocenters. The van der Waals surface area contributed by atoms with Crippen LogP contribution in [0.5, 0.6) is 0 Å². The monoisotopic (exact) mass is 269 g/mol. The maximum absolute atomic E-state index is 13.2. The summed E-state index contributed by atoms with van der Waals surface area (Å²) in [6, 6.07) is 4.35. The highest BCUT2D eigenvalue weighted by Crippen LogP contribution is 2.21. The van der Waals surface area contributed by atoms with E-state index in [0.29, 0.717) is 30.5 Å². The van der Waals surface area contributed by atoms with E-state index in [4.69, 9.17) is 11.6 Å². The molecule has 0 unspecified atom stereocenters. The molecule has 1 heterocycles. The van der Waals surface area contributed by atoms with Crippen LogP contribution in [0.25, 0.3) is 0 Å². The Morgan fingerprint density at radius 3 is 2.72 bits per heavy atom. The molecule has 0 aliphatic carbocycles. The third kappa shape index (κ3) is 2.83. The molecule has 98 valence electrons. The van der Waals surface area contributed by atoms with Crippen LogP contribution in [-0.4, -0.2) is 29.8 Å². The Bertz CT molecular complexity index is 441. The number of rotatable bonds is 2. The lowest BCUT2D eigenvalue weighted by molar-refractivity contribution is 0.0697. The third-order valence-corrected chi connectivity index (χ3v) is 3.99. The summed E-state index contributed by atoms with van der Waals surface area (Å²) >= 11 is 5.82. The number of benzene rings is 1. The van der Waals surface area contributed by atoms with Gasteiger partial charge in [0.2, 0.25) is 0 Å². The minimum atomic E-state index is -0.361. The zero-order chi connectivity index (χ0) is 13.1. The molecule has 2 rings (SSSR count). The van der Waals surface area contributed by atoms with E-state index in [1.807, 2.05) is 6.92 Å². The second-order valence-corrected chi connectivity index (χ2v) is 5.16. The number of alkyl halides is 1. The van der Waals surface area contributed by atoms with Crippen LogP contribution >= 0.6 is 11.6 Å². The van der Waals surface area contributed by atoms with E-state index in [9.17, 15) is 9.18 Å². The van der Waals surface area contributed by atoms with Crippen molar-refractivity contribution in [2.45, 2.75) is 19.8 Å². The van der Waals surface area contributed by atoms with Crippen LogP contribution in [0.4, 0.5) is 4.39 Å². The largest absolute Gasteiger partial charge is 0.339 e. The maximum Gasteiger partial charge on any atom is 0.254 e. The Morgan fingerprint density at radius 2 is 2.11 bits per heavy atom. The predicted octanol–water partition coefficient (Wildman–Crippen LogP) is 3.23. The lowest BCUT2D eigenvalue weighted by Gasteiger charge is -2.31. The van der Waals surface area contributed by atoms with E-state index in [2.05, 4.69) is 0 Å². The van der Waals surface area contributed by atoms with E-state index < -0.39 is 0 Å². The van der Waals surface area contributed by atoms with Crippen molar-refractivity contribution < 1.29 is 9.18 Å². The van der Waals surface area contributed by atoms with Gasteiger partial charge in [-0.1, -0.05) is 6.07 Å². The van der Waals surface area contributed by atoms with Crippen LogP contribution in [0.1, 0.15) is 28.8 Å². The van der Waals surface area contributed by atoms with Crippen molar-refractivity contribution in [3.8, 4) is 0 Å². The highest BCUT2D eigenvalue weighted by molar-refractivity contribution is 6.18. The van der Waals surface area contributed by atoms with Crippen molar-refractivity contribution in [3.05, 3.63) is 35.1 Å². The van der Waals surface area contributed by atoms with Crippen LogP contribution in [0.3, 0.4) is 0 Å². The topological polar surface area (TPSA) is 20.3 Å². The molecule has 0 N–H and O–H groups in total. The van der Waals surface area contributed by atoms with E-state index in [1.165, 1.54) is 12.1 Å². The van der Waals surface area contributed by atoms with Gasteiger partial charge in [0.15, 0.2) is 0 Å². The van der Waals surface area contributed by atoms with Crippen molar-refractivity contribution in [3.63, 3.8) is 0 Å². The molecule has 2 nitrogen and oxygen atoms in total. The van der Waals surface area contributed by atoms with Crippen LogP contribution < -0.4 is 0 Å². The fraction of sp³-hybridized carbons (Fsp3) is 0.500. The Balaban J connectivity index is 2.10. The normalized spacial score (nSPS) is 16.9. The van der Waals surface area contributed by atoms with Gasteiger partial charge < -0.3 is 4.90 Å². The number of aryl methyl sites for hydroxylation is 1. The lowest BCUT2D eigenvalue weighted by Crippen LogP contribution is -2.39. The second kappa shape index (κ2) is 5.70. The van der Waals surface area contributed by atoms with Gasteiger partial charge in [0.1, 0.15) is 5.82 Å². The van der Waals surface area contributed by atoms with Crippen molar-refractivity contribution in [1.82, 2.24) is 4.90 Å². The molecule has 0 spiro atoms. The van der Waals surface area contributed by atoms with Crippen molar-refractivity contribution in [1.29, 1.82) is 0 Å². The predicted molar refractivity (Wildman–Crippen MR) is 70.5 cm³/mol. The first-order chi connectivity index (χ1) is 8.61. The van der Waals surface area contributed by atoms with Gasteiger partial charge in [-0.2, -0.15) is 0 Å². The number of carbonyl (C=O) groups excluding carboxylic acids is 1. The Kier molecular flexibility index (Phi) is 4.23. The number of amides is 1. The number of hydrogen-bond donors (Lipinski definition) is 0. The van der Waals surface area contributed by atoms with Crippen molar-refractivity contribution in [2.75, 3.05) is 19.0 Å². The molecule has 1 fully saturated rings. The highest BCUT2D eigenvalue weighted by atomic mass is 35.5. The zero-order valence-electron chi connectivity index (χ0n) is 10.5. The molecule has 0 saturated carbocycles. The molecular formula is C14H17ClFNO. The fourth-order valence-electron chi connectivity index (χ4n) is 2.29. The number of likely N-dealkylation sites (tertiary alicyclic amines) is 1. The summed E-state index contributed by atoms with van der Waals surface area (Å²) < 4.78 is 13.2. The minimum Gasteiger partial charge on any atom is -0.339 e. The fourth-order valence-corrected chi connectivity index (χ4v) is 2.59. The summed E-state index contributed by atoms with van der Waals surface area (Å²) in [6.07, 6.45) is 1.87. The molecule has 0 bridgehead atoms. The zero-order valence-corrected chi connectivity index (χ0v) is 11.2. The van der Waals surface area contributed by atoms with Gasteiger partial charge in [0.05, 0.1) is 0 Å². The Hall–Kier alpha value is -1.09. The summed E-state index contributed by atoms with van der Waals surface area (Å²) in [6.45, 7) is 3.26. The number of nitrogens with zero attached hydrogens (tertiary/aromatic N) is 1. The first-order valence-electron chi connectivity index (χ1n) is 6.23. The van der Waals surface area contributed by atoms with E-state index in [1.54, 1.807) is 11.0 Å². The van der Waals surface area contributed by atoms with E-state index in [-0.39, 0.29) is 11.7 Å². The number of halogens is 2. The van der Waals surface area contributed by atoms with Gasteiger partial charge in [-0.3, -0.25) is 4.79 Å². The van der Waals surface area contributed by atoms with Crippen molar-refractivity contribution >= 4 is 17.5 Å². The van der Waals surface area contributed by atoms with Gasteiger partial charge in [0.25, 0.3) is 5.91 Å². The Morgan fingerprint density at radius 1 is 1.44 bits per heavy atom. The summed E-state index contributed by atoms with van der Waals surface area (Å²) in [5.41, 5.74) is 1.29. The van der Waals surface area contributed by atoms with Gasteiger partial charge in [-0.25, -0.2) is 4.39 Å². The standard InChI is InChI=1S/C14H17ClFNO/c1-10-2-3-12(16)8-13(10)14(18)17-6-4-11(9-15)5-7-17/h2-3,8,11H,4-7,9H2,1H3. The summed E-state index contributed by atoms with van der Waals surface area (Å²) in [7, 11) is 0. The number of carbonyl (C=O) groups is 1. The minimum absolute atomic E-state index is 0.0694. The highest BCUT2D eigenvalue weighted by Gasteiger charge is 2.24. The molecule has 1 aromatic carbocycles. The summed E-state index contributed by atoms with van der Waals surface area (Å²) in [4.78, 5) is 14.1. The summed E-state index contributed by atoms with van der Waals surface area (Å²) in [5.74, 6) is 0.727. The van der Waals surface area contributed by atoms with Crippen LogP contribution in [0.2, 0.25) is 0 Å². The van der Waals surface area contributed by atoms with Crippen LogP contribution in [0.15, 0.2) is 18.2 Å². The lowest BCUT2D eigenvalue weighted by atomic mass is 9.98. The smallest absolute Gasteiger partial charge is 0.254 e. The van der Waals surface area contributed by atoms with Gasteiger partial charge >= 0.3 is 0 Å². The first-order valence-corrected chi connectivity index (χ1v) is 6.76. The number of piperidine rings is 1. The van der Waals surface area contributed by atoms with Crippen LogP contribution in [0, 0.1) is 18.7 Å². The molecule has 1 aliphatic heterocycles. The molecular weight excluding hydrogens is 253 g/mol. The Labute approximate surface area is 112 Å². The molecule has 1 aliphatic rings. The SMILES string of the molecule is Cc1ccc(F)cc1C(=O)N1CCC(CCl)CC1. The molecule has 0 radical (unpaired) electrons. The molecule has 1 aromatic rings. The molecule has 4 heteroatoms. The number of hydrogen-bond acceptors (Lipinski definition) is 1. The molecule has 1 amide bonds. The molecule has 18 heavy (non-hydrogen) atoms.